The molecule has 0 radical (unpaired) electrons. The van der Waals surface area contributed by atoms with Crippen molar-refractivity contribution in [2.75, 3.05) is 0 Å². The van der Waals surface area contributed by atoms with Gasteiger partial charge in [0.2, 0.25) is 0 Å². The molecule has 4 aromatic rings. The smallest absolute Gasteiger partial charge is 0.283 e. The monoisotopic (exact) mass is 425 g/mol. The fourth-order valence-corrected chi connectivity index (χ4v) is 4.10. The molecule has 0 aliphatic carbocycles. The van der Waals surface area contributed by atoms with Gasteiger partial charge in [-0.05, 0) is 30.3 Å². The molecular weight excluding hydrogens is 414 g/mol. The summed E-state index contributed by atoms with van der Waals surface area (Å²) in [4.78, 5) is 23.0. The summed E-state index contributed by atoms with van der Waals surface area (Å²) in [6, 6.07) is 16.9. The lowest BCUT2D eigenvalue weighted by Gasteiger charge is -1.97. The maximum Gasteiger partial charge on any atom is 0.283 e. The third-order valence-electron chi connectivity index (χ3n) is 4.09. The molecule has 0 bridgehead atoms. The number of fused-ring (bicyclic) bond motifs is 1. The molecular formula is C20H12ClN3O4S. The first-order chi connectivity index (χ1) is 14.0. The molecule has 0 spiro atoms. The quantitative estimate of drug-likeness (QED) is 0.260. The van der Waals surface area contributed by atoms with Crippen LogP contribution in [0.4, 0.5) is 5.69 Å². The number of hydrogen-bond donors (Lipinski definition) is 1. The Kier molecular flexibility index (Phi) is 5.11. The summed E-state index contributed by atoms with van der Waals surface area (Å²) in [7, 11) is 0. The molecule has 0 aliphatic heterocycles. The predicted octanol–water partition coefficient (Wildman–Crippen LogP) is 5.49. The molecule has 1 amide bonds. The topological polar surface area (TPSA) is 97.7 Å². The molecule has 0 aliphatic rings. The van der Waals surface area contributed by atoms with E-state index in [0.717, 1.165) is 10.1 Å². The van der Waals surface area contributed by atoms with Crippen molar-refractivity contribution < 1.29 is 14.1 Å². The van der Waals surface area contributed by atoms with Crippen molar-refractivity contribution in [3.63, 3.8) is 0 Å². The van der Waals surface area contributed by atoms with Crippen LogP contribution >= 0.6 is 22.9 Å². The number of non-ortho nitro benzene ring substituents is 1. The van der Waals surface area contributed by atoms with Gasteiger partial charge < -0.3 is 4.42 Å². The number of nitro groups is 1. The van der Waals surface area contributed by atoms with Crippen LogP contribution in [0, 0.1) is 10.1 Å². The van der Waals surface area contributed by atoms with Gasteiger partial charge in [0.15, 0.2) is 0 Å². The van der Waals surface area contributed by atoms with Crippen LogP contribution in [0.5, 0.6) is 0 Å². The Balaban J connectivity index is 1.45. The fraction of sp³-hybridized carbons (Fsp3) is 0. The number of halogens is 1. The third kappa shape index (κ3) is 3.89. The van der Waals surface area contributed by atoms with E-state index in [4.69, 9.17) is 16.0 Å². The largest absolute Gasteiger partial charge is 0.455 e. The second-order valence-electron chi connectivity index (χ2n) is 5.95. The van der Waals surface area contributed by atoms with Crippen LogP contribution in [0.25, 0.3) is 21.4 Å². The van der Waals surface area contributed by atoms with Gasteiger partial charge in [0.05, 0.1) is 16.2 Å². The van der Waals surface area contributed by atoms with E-state index in [1.165, 1.54) is 29.7 Å². The average molecular weight is 426 g/mol. The van der Waals surface area contributed by atoms with E-state index in [2.05, 4.69) is 10.5 Å². The minimum atomic E-state index is -0.463. The van der Waals surface area contributed by atoms with E-state index in [9.17, 15) is 14.9 Å². The van der Waals surface area contributed by atoms with Crippen molar-refractivity contribution in [1.29, 1.82) is 0 Å². The number of hydrazone groups is 1. The highest BCUT2D eigenvalue weighted by molar-refractivity contribution is 7.21. The lowest BCUT2D eigenvalue weighted by molar-refractivity contribution is -0.384. The van der Waals surface area contributed by atoms with Crippen LogP contribution in [-0.4, -0.2) is 17.0 Å². The highest BCUT2D eigenvalue weighted by Gasteiger charge is 2.16. The van der Waals surface area contributed by atoms with Gasteiger partial charge in [-0.2, -0.15) is 5.10 Å². The van der Waals surface area contributed by atoms with Crippen molar-refractivity contribution in [3.8, 4) is 11.3 Å². The number of benzene rings is 2. The average Bonchev–Trinajstić information content (AvgIpc) is 3.33. The zero-order chi connectivity index (χ0) is 20.4. The lowest BCUT2D eigenvalue weighted by Crippen LogP contribution is -2.16. The minimum Gasteiger partial charge on any atom is -0.455 e. The number of carbonyl (C=O) groups excluding carboxylic acids is 1. The van der Waals surface area contributed by atoms with Crippen molar-refractivity contribution in [2.45, 2.75) is 0 Å². The number of nitrogens with one attached hydrogen (secondary N) is 1. The van der Waals surface area contributed by atoms with Gasteiger partial charge in [0, 0.05) is 27.8 Å². The Morgan fingerprint density at radius 3 is 2.62 bits per heavy atom. The zero-order valence-corrected chi connectivity index (χ0v) is 16.2. The second-order valence-corrected chi connectivity index (χ2v) is 7.38. The molecule has 29 heavy (non-hydrogen) atoms. The molecule has 144 valence electrons. The standard InChI is InChI=1S/C20H12ClN3O4S/c21-18-15-3-1-2-4-17(15)29-19(18)20(25)23-22-11-14-9-10-16(28-14)12-5-7-13(8-6-12)24(26)27/h1-11H,(H,23,25). The molecule has 2 aromatic carbocycles. The summed E-state index contributed by atoms with van der Waals surface area (Å²) in [6.45, 7) is 0. The van der Waals surface area contributed by atoms with Gasteiger partial charge in [-0.3, -0.25) is 14.9 Å². The van der Waals surface area contributed by atoms with Crippen molar-refractivity contribution in [2.24, 2.45) is 5.10 Å². The molecule has 2 heterocycles. The molecule has 7 nitrogen and oxygen atoms in total. The van der Waals surface area contributed by atoms with E-state index >= 15 is 0 Å². The van der Waals surface area contributed by atoms with E-state index in [1.807, 2.05) is 24.3 Å². The van der Waals surface area contributed by atoms with Gasteiger partial charge in [-0.15, -0.1) is 11.3 Å². The first-order valence-electron chi connectivity index (χ1n) is 8.38. The molecule has 0 saturated carbocycles. The Morgan fingerprint density at radius 1 is 1.14 bits per heavy atom. The first-order valence-corrected chi connectivity index (χ1v) is 9.57. The lowest BCUT2D eigenvalue weighted by atomic mass is 10.1. The SMILES string of the molecule is O=C(NN=Cc1ccc(-c2ccc([N+](=O)[O-])cc2)o1)c1sc2ccccc2c1Cl. The Labute approximate surface area is 173 Å². The maximum atomic E-state index is 12.4. The maximum absolute atomic E-state index is 12.4. The molecule has 9 heteroatoms. The van der Waals surface area contributed by atoms with Gasteiger partial charge in [0.1, 0.15) is 16.4 Å². The van der Waals surface area contributed by atoms with E-state index < -0.39 is 10.8 Å². The van der Waals surface area contributed by atoms with Crippen molar-refractivity contribution in [3.05, 3.63) is 86.4 Å². The van der Waals surface area contributed by atoms with Gasteiger partial charge in [0.25, 0.3) is 11.6 Å². The number of nitro benzene ring substituents is 1. The Bertz CT molecular complexity index is 1240. The summed E-state index contributed by atoms with van der Waals surface area (Å²) in [5.41, 5.74) is 3.14. The summed E-state index contributed by atoms with van der Waals surface area (Å²) in [5.74, 6) is 0.538. The number of nitrogens with zero attached hydrogens (tertiary/aromatic N) is 2. The highest BCUT2D eigenvalue weighted by atomic mass is 35.5. The van der Waals surface area contributed by atoms with E-state index in [0.29, 0.717) is 27.0 Å². The summed E-state index contributed by atoms with van der Waals surface area (Å²) in [5, 5.41) is 15.9. The number of carbonyl (C=O) groups is 1. The van der Waals surface area contributed by atoms with Crippen LogP contribution < -0.4 is 5.43 Å². The summed E-state index contributed by atoms with van der Waals surface area (Å²) in [6.07, 6.45) is 1.37. The molecule has 0 fully saturated rings. The minimum absolute atomic E-state index is 0.00435. The molecule has 4 rings (SSSR count). The van der Waals surface area contributed by atoms with Crippen molar-refractivity contribution >= 4 is 50.8 Å². The molecule has 0 unspecified atom stereocenters. The molecule has 2 aromatic heterocycles. The zero-order valence-electron chi connectivity index (χ0n) is 14.7. The summed E-state index contributed by atoms with van der Waals surface area (Å²) >= 11 is 7.58. The molecule has 0 atom stereocenters. The van der Waals surface area contributed by atoms with Gasteiger partial charge >= 0.3 is 0 Å². The first kappa shape index (κ1) is 18.9. The number of rotatable bonds is 5. The van der Waals surface area contributed by atoms with E-state index in [1.54, 1.807) is 24.3 Å². The van der Waals surface area contributed by atoms with Crippen LogP contribution in [0.3, 0.4) is 0 Å². The highest BCUT2D eigenvalue weighted by Crippen LogP contribution is 2.35. The van der Waals surface area contributed by atoms with Crippen LogP contribution in [0.2, 0.25) is 5.02 Å². The van der Waals surface area contributed by atoms with Crippen LogP contribution in [0.1, 0.15) is 15.4 Å². The Hall–Kier alpha value is -3.49. The van der Waals surface area contributed by atoms with Crippen molar-refractivity contribution in [1.82, 2.24) is 5.43 Å². The normalized spacial score (nSPS) is 11.2. The van der Waals surface area contributed by atoms with Crippen LogP contribution in [0.15, 0.2) is 70.2 Å². The number of amides is 1. The summed E-state index contributed by atoms with van der Waals surface area (Å²) < 4.78 is 6.56. The third-order valence-corrected chi connectivity index (χ3v) is 5.76. The van der Waals surface area contributed by atoms with Gasteiger partial charge in [-0.1, -0.05) is 29.8 Å². The molecule has 0 saturated heterocycles. The Morgan fingerprint density at radius 2 is 1.90 bits per heavy atom. The van der Waals surface area contributed by atoms with E-state index in [-0.39, 0.29) is 5.69 Å². The predicted molar refractivity (Wildman–Crippen MR) is 113 cm³/mol. The number of thiophene rings is 1. The molecule has 1 N–H and O–H groups in total. The fourth-order valence-electron chi connectivity index (χ4n) is 2.69. The second kappa shape index (κ2) is 7.86. The van der Waals surface area contributed by atoms with Crippen LogP contribution in [-0.2, 0) is 0 Å². The number of hydrogen-bond acceptors (Lipinski definition) is 6. The van der Waals surface area contributed by atoms with Gasteiger partial charge in [-0.25, -0.2) is 5.43 Å². The number of furan rings is 1.